The van der Waals surface area contributed by atoms with Crippen molar-refractivity contribution in [3.8, 4) is 39.4 Å². The van der Waals surface area contributed by atoms with Crippen molar-refractivity contribution < 1.29 is 13.9 Å². The highest BCUT2D eigenvalue weighted by Crippen LogP contribution is 2.36. The molecule has 3 N–H and O–H groups in total. The van der Waals surface area contributed by atoms with Crippen molar-refractivity contribution in [2.45, 2.75) is 0 Å². The van der Waals surface area contributed by atoms with Gasteiger partial charge >= 0.3 is 0 Å². The van der Waals surface area contributed by atoms with E-state index >= 15 is 0 Å². The number of nitrogens with one attached hydrogen (secondary N) is 3. The Morgan fingerprint density at radius 1 is 1.00 bits per heavy atom. The lowest BCUT2D eigenvalue weighted by Crippen LogP contribution is -2.27. The number of aromatic amines is 2. The molecule has 4 heterocycles. The van der Waals surface area contributed by atoms with Crippen molar-refractivity contribution in [3.63, 3.8) is 0 Å². The highest BCUT2D eigenvalue weighted by atomic mass is 19.1. The Labute approximate surface area is 229 Å². The van der Waals surface area contributed by atoms with Crippen molar-refractivity contribution in [2.24, 2.45) is 0 Å². The number of methoxy groups -OCH3 is 1. The van der Waals surface area contributed by atoms with E-state index in [4.69, 9.17) is 4.74 Å². The van der Waals surface area contributed by atoms with Gasteiger partial charge in [-0.25, -0.2) is 9.37 Å². The first-order valence-electron chi connectivity index (χ1n) is 12.6. The molecule has 40 heavy (non-hydrogen) atoms. The van der Waals surface area contributed by atoms with Crippen LogP contribution in [-0.2, 0) is 4.79 Å². The second-order valence-electron chi connectivity index (χ2n) is 9.77. The molecule has 9 nitrogen and oxygen atoms in total. The topological polar surface area (TPSA) is 112 Å². The summed E-state index contributed by atoms with van der Waals surface area (Å²) in [5.41, 5.74) is 6.85. The molecule has 200 valence electrons. The van der Waals surface area contributed by atoms with Crippen molar-refractivity contribution >= 4 is 33.5 Å². The van der Waals surface area contributed by atoms with E-state index < -0.39 is 0 Å². The van der Waals surface area contributed by atoms with Crippen molar-refractivity contribution in [3.05, 3.63) is 79.0 Å². The number of ether oxygens (including phenoxy) is 1. The molecule has 6 aromatic rings. The maximum atomic E-state index is 14.3. The molecule has 0 saturated carbocycles. The number of fused-ring (bicyclic) bond motifs is 2. The molecule has 0 aliphatic carbocycles. The number of carbonyl (C=O) groups is 1. The molecule has 0 radical (unpaired) electrons. The largest absolute Gasteiger partial charge is 0.497 e. The van der Waals surface area contributed by atoms with E-state index in [1.54, 1.807) is 23.5 Å². The number of aromatic nitrogens is 5. The van der Waals surface area contributed by atoms with Crippen LogP contribution in [0, 0.1) is 5.82 Å². The summed E-state index contributed by atoms with van der Waals surface area (Å²) in [7, 11) is 5.19. The van der Waals surface area contributed by atoms with Gasteiger partial charge in [0, 0.05) is 45.9 Å². The van der Waals surface area contributed by atoms with Crippen LogP contribution in [0.25, 0.3) is 55.6 Å². The van der Waals surface area contributed by atoms with Crippen LogP contribution in [0.4, 0.5) is 10.1 Å². The molecule has 0 aliphatic rings. The van der Waals surface area contributed by atoms with Gasteiger partial charge in [-0.05, 0) is 61.6 Å². The fourth-order valence-corrected chi connectivity index (χ4v) is 4.79. The highest BCUT2D eigenvalue weighted by molar-refractivity contribution is 6.01. The zero-order chi connectivity index (χ0) is 27.8. The summed E-state index contributed by atoms with van der Waals surface area (Å²) in [6.45, 7) is 0.273. The molecule has 0 spiro atoms. The lowest BCUT2D eigenvalue weighted by atomic mass is 10.0. The lowest BCUT2D eigenvalue weighted by Gasteiger charge is -2.10. The number of benzene rings is 2. The van der Waals surface area contributed by atoms with Crippen LogP contribution in [0.1, 0.15) is 0 Å². The van der Waals surface area contributed by atoms with Crippen molar-refractivity contribution in [2.75, 3.05) is 33.1 Å². The third kappa shape index (κ3) is 4.87. The molecule has 6 rings (SSSR count). The molecular formula is C30H26FN7O2. The molecule has 0 saturated heterocycles. The number of halogens is 1. The summed E-state index contributed by atoms with van der Waals surface area (Å²) in [6, 6.07) is 16.4. The minimum absolute atomic E-state index is 0.121. The predicted octanol–water partition coefficient (Wildman–Crippen LogP) is 5.48. The standard InChI is InChI=1S/C30H26FN7O2/c1-38(2)16-28(39)34-21-8-18(13-32-15-21)19-10-25-29(36-37-30(25)33-14-19)27-12-24-23(5-4-6-26(24)35-27)17-7-20(31)11-22(9-17)40-3/h4-15,35H,16H2,1-3H3,(H,34,39)(H,33,36,37). The molecule has 4 aromatic heterocycles. The van der Waals surface area contributed by atoms with Gasteiger partial charge in [0.2, 0.25) is 5.91 Å². The number of carbonyl (C=O) groups excluding carboxylic acids is 1. The van der Waals surface area contributed by atoms with Gasteiger partial charge in [0.15, 0.2) is 5.65 Å². The first-order chi connectivity index (χ1) is 19.4. The number of nitrogens with zero attached hydrogens (tertiary/aromatic N) is 4. The van der Waals surface area contributed by atoms with Crippen LogP contribution < -0.4 is 10.1 Å². The molecular weight excluding hydrogens is 509 g/mol. The maximum absolute atomic E-state index is 14.3. The van der Waals surface area contributed by atoms with Gasteiger partial charge in [0.25, 0.3) is 0 Å². The quantitative estimate of drug-likeness (QED) is 0.250. The summed E-state index contributed by atoms with van der Waals surface area (Å²) >= 11 is 0. The third-order valence-electron chi connectivity index (χ3n) is 6.57. The van der Waals surface area contributed by atoms with E-state index in [0.29, 0.717) is 28.3 Å². The predicted molar refractivity (Wildman–Crippen MR) is 154 cm³/mol. The second kappa shape index (κ2) is 10.2. The SMILES string of the molecule is COc1cc(F)cc(-c2cccc3[nH]c(-c4n[nH]c5ncc(-c6cncc(NC(=O)CN(C)C)c6)cc45)cc23)c1. The molecule has 0 unspecified atom stereocenters. The van der Waals surface area contributed by atoms with Crippen LogP contribution in [-0.4, -0.2) is 63.7 Å². The monoisotopic (exact) mass is 535 g/mol. The van der Waals surface area contributed by atoms with Gasteiger partial charge in [0.1, 0.15) is 17.3 Å². The fourth-order valence-electron chi connectivity index (χ4n) is 4.79. The zero-order valence-electron chi connectivity index (χ0n) is 22.1. The van der Waals surface area contributed by atoms with Crippen LogP contribution in [0.15, 0.2) is 73.2 Å². The van der Waals surface area contributed by atoms with E-state index in [1.807, 2.05) is 56.6 Å². The molecule has 2 aromatic carbocycles. The first-order valence-corrected chi connectivity index (χ1v) is 12.6. The minimum Gasteiger partial charge on any atom is -0.497 e. The van der Waals surface area contributed by atoms with Crippen molar-refractivity contribution in [1.29, 1.82) is 0 Å². The average Bonchev–Trinajstić information content (AvgIpc) is 3.56. The summed E-state index contributed by atoms with van der Waals surface area (Å²) in [4.78, 5) is 26.3. The molecule has 0 atom stereocenters. The highest BCUT2D eigenvalue weighted by Gasteiger charge is 2.16. The second-order valence-corrected chi connectivity index (χ2v) is 9.77. The minimum atomic E-state index is -0.366. The fraction of sp³-hybridized carbons (Fsp3) is 0.133. The van der Waals surface area contributed by atoms with E-state index in [2.05, 4.69) is 30.5 Å². The van der Waals surface area contributed by atoms with Crippen LogP contribution in [0.3, 0.4) is 0 Å². The van der Waals surface area contributed by atoms with E-state index in [0.717, 1.165) is 38.7 Å². The van der Waals surface area contributed by atoms with E-state index in [9.17, 15) is 9.18 Å². The molecule has 0 aliphatic heterocycles. The molecule has 1 amide bonds. The number of pyridine rings is 2. The van der Waals surface area contributed by atoms with E-state index in [1.165, 1.54) is 19.2 Å². The van der Waals surface area contributed by atoms with Crippen molar-refractivity contribution in [1.82, 2.24) is 30.0 Å². The summed E-state index contributed by atoms with van der Waals surface area (Å²) in [5.74, 6) is -0.0326. The Morgan fingerprint density at radius 3 is 2.67 bits per heavy atom. The maximum Gasteiger partial charge on any atom is 0.238 e. The van der Waals surface area contributed by atoms with Gasteiger partial charge < -0.3 is 19.9 Å². The number of rotatable bonds is 7. The van der Waals surface area contributed by atoms with Gasteiger partial charge in [0.05, 0.1) is 31.2 Å². The normalized spacial score (nSPS) is 11.4. The number of amides is 1. The van der Waals surface area contributed by atoms with Crippen LogP contribution in [0.5, 0.6) is 5.75 Å². The van der Waals surface area contributed by atoms with Gasteiger partial charge in [-0.2, -0.15) is 5.10 Å². The molecule has 10 heteroatoms. The lowest BCUT2D eigenvalue weighted by molar-refractivity contribution is -0.116. The number of H-pyrrole nitrogens is 2. The number of hydrogen-bond donors (Lipinski definition) is 3. The zero-order valence-corrected chi connectivity index (χ0v) is 22.1. The van der Waals surface area contributed by atoms with Crippen LogP contribution in [0.2, 0.25) is 0 Å². The summed E-state index contributed by atoms with van der Waals surface area (Å²) < 4.78 is 19.6. The van der Waals surface area contributed by atoms with Gasteiger partial charge in [-0.1, -0.05) is 12.1 Å². The number of hydrogen-bond acceptors (Lipinski definition) is 6. The van der Waals surface area contributed by atoms with E-state index in [-0.39, 0.29) is 18.3 Å². The average molecular weight is 536 g/mol. The Bertz CT molecular complexity index is 1880. The smallest absolute Gasteiger partial charge is 0.238 e. The van der Waals surface area contributed by atoms with Gasteiger partial charge in [-0.3, -0.25) is 14.9 Å². The van der Waals surface area contributed by atoms with Gasteiger partial charge in [-0.15, -0.1) is 0 Å². The Balaban J connectivity index is 1.38. The number of anilines is 1. The number of likely N-dealkylation sites (N-methyl/N-ethyl adjacent to an activating group) is 1. The third-order valence-corrected chi connectivity index (χ3v) is 6.57. The Kier molecular flexibility index (Phi) is 6.45. The summed E-state index contributed by atoms with van der Waals surface area (Å²) in [5, 5.41) is 12.2. The Hall–Kier alpha value is -5.09. The molecule has 0 bridgehead atoms. The van der Waals surface area contributed by atoms with Crippen LogP contribution >= 0.6 is 0 Å². The first kappa shape index (κ1) is 25.2. The Morgan fingerprint density at radius 2 is 1.85 bits per heavy atom. The molecule has 0 fully saturated rings. The summed E-state index contributed by atoms with van der Waals surface area (Å²) in [6.07, 6.45) is 5.09.